The summed E-state index contributed by atoms with van der Waals surface area (Å²) in [5.41, 5.74) is 3.10. The van der Waals surface area contributed by atoms with E-state index in [0.717, 1.165) is 75.8 Å². The van der Waals surface area contributed by atoms with Gasteiger partial charge in [-0.05, 0) is 76.1 Å². The van der Waals surface area contributed by atoms with Gasteiger partial charge in [0.05, 0.1) is 5.92 Å². The van der Waals surface area contributed by atoms with Crippen LogP contribution in [-0.4, -0.2) is 59.9 Å². The van der Waals surface area contributed by atoms with E-state index in [1.807, 2.05) is 24.0 Å². The lowest BCUT2D eigenvalue weighted by molar-refractivity contribution is -0.127. The molecule has 0 bridgehead atoms. The number of benzene rings is 1. The minimum absolute atomic E-state index is 0.143. The number of aryl methyl sites for hydroxylation is 1. The van der Waals surface area contributed by atoms with Gasteiger partial charge in [0, 0.05) is 37.3 Å². The van der Waals surface area contributed by atoms with Crippen molar-refractivity contribution in [2.24, 2.45) is 5.92 Å². The quantitative estimate of drug-likeness (QED) is 0.870. The number of hydrogen-bond acceptors (Lipinski definition) is 3. The number of amides is 2. The van der Waals surface area contributed by atoms with E-state index >= 15 is 0 Å². The van der Waals surface area contributed by atoms with Gasteiger partial charge in [0.25, 0.3) is 5.91 Å². The van der Waals surface area contributed by atoms with E-state index in [4.69, 9.17) is 0 Å². The molecule has 5 nitrogen and oxygen atoms in total. The normalized spacial score (nSPS) is 24.2. The molecular weight excluding hydrogens is 350 g/mol. The van der Waals surface area contributed by atoms with Crippen LogP contribution in [0.4, 0.5) is 0 Å². The van der Waals surface area contributed by atoms with E-state index in [2.05, 4.69) is 23.2 Å². The number of likely N-dealkylation sites (tertiary alicyclic amines) is 2. The summed E-state index contributed by atoms with van der Waals surface area (Å²) < 4.78 is 0. The smallest absolute Gasteiger partial charge is 0.254 e. The number of piperidine rings is 2. The monoisotopic (exact) mass is 383 g/mol. The van der Waals surface area contributed by atoms with Crippen LogP contribution in [0.1, 0.15) is 60.0 Å². The molecule has 1 aliphatic carbocycles. The predicted octanol–water partition coefficient (Wildman–Crippen LogP) is 2.90. The van der Waals surface area contributed by atoms with Crippen molar-refractivity contribution in [3.63, 3.8) is 0 Å². The molecule has 2 amide bonds. The maximum absolute atomic E-state index is 13.0. The van der Waals surface area contributed by atoms with Gasteiger partial charge < -0.3 is 10.2 Å². The molecule has 1 saturated carbocycles. The first-order valence-corrected chi connectivity index (χ1v) is 10.9. The number of nitrogens with one attached hydrogen (secondary N) is 1. The SMILES string of the molecule is Cc1cccc(C(=O)N2CCC(N3CCC[C@@H](C(=O)NC4CC4)C3)CC2)c1C. The van der Waals surface area contributed by atoms with Gasteiger partial charge in [-0.15, -0.1) is 0 Å². The van der Waals surface area contributed by atoms with Crippen LogP contribution in [0.3, 0.4) is 0 Å². The van der Waals surface area contributed by atoms with Gasteiger partial charge in [0.1, 0.15) is 0 Å². The van der Waals surface area contributed by atoms with Crippen molar-refractivity contribution in [2.75, 3.05) is 26.2 Å². The molecule has 152 valence electrons. The molecule has 0 unspecified atom stereocenters. The van der Waals surface area contributed by atoms with E-state index in [-0.39, 0.29) is 17.7 Å². The van der Waals surface area contributed by atoms with Gasteiger partial charge in [-0.3, -0.25) is 14.5 Å². The second kappa shape index (κ2) is 8.24. The first-order valence-electron chi connectivity index (χ1n) is 10.9. The van der Waals surface area contributed by atoms with Gasteiger partial charge >= 0.3 is 0 Å². The Morgan fingerprint density at radius 3 is 2.46 bits per heavy atom. The third-order valence-corrected chi connectivity index (χ3v) is 6.85. The Morgan fingerprint density at radius 2 is 1.75 bits per heavy atom. The minimum atomic E-state index is 0.143. The summed E-state index contributed by atoms with van der Waals surface area (Å²) in [5, 5.41) is 3.18. The third-order valence-electron chi connectivity index (χ3n) is 6.85. The summed E-state index contributed by atoms with van der Waals surface area (Å²) in [4.78, 5) is 29.9. The number of rotatable bonds is 4. The van der Waals surface area contributed by atoms with Crippen LogP contribution in [0.25, 0.3) is 0 Å². The van der Waals surface area contributed by atoms with Crippen LogP contribution in [0.15, 0.2) is 18.2 Å². The molecule has 1 N–H and O–H groups in total. The first-order chi connectivity index (χ1) is 13.5. The maximum atomic E-state index is 13.0. The Balaban J connectivity index is 1.31. The second-order valence-corrected chi connectivity index (χ2v) is 8.89. The molecule has 3 fully saturated rings. The van der Waals surface area contributed by atoms with Crippen molar-refractivity contribution < 1.29 is 9.59 Å². The van der Waals surface area contributed by atoms with Gasteiger partial charge in [0.2, 0.25) is 5.91 Å². The lowest BCUT2D eigenvalue weighted by Gasteiger charge is -2.42. The molecule has 0 radical (unpaired) electrons. The van der Waals surface area contributed by atoms with Crippen molar-refractivity contribution >= 4 is 11.8 Å². The molecule has 2 heterocycles. The highest BCUT2D eigenvalue weighted by molar-refractivity contribution is 5.96. The largest absolute Gasteiger partial charge is 0.353 e. The van der Waals surface area contributed by atoms with E-state index < -0.39 is 0 Å². The van der Waals surface area contributed by atoms with Crippen molar-refractivity contribution in [3.8, 4) is 0 Å². The molecule has 1 atom stereocenters. The van der Waals surface area contributed by atoms with Gasteiger partial charge in [-0.2, -0.15) is 0 Å². The molecule has 1 aromatic carbocycles. The average molecular weight is 384 g/mol. The number of hydrogen-bond donors (Lipinski definition) is 1. The molecule has 4 rings (SSSR count). The standard InChI is InChI=1S/C23H33N3O2/c1-16-5-3-7-21(17(16)2)23(28)25-13-10-20(11-14-25)26-12-4-6-18(15-26)22(27)24-19-8-9-19/h3,5,7,18-20H,4,6,8-15H2,1-2H3,(H,24,27)/t18-/m1/s1. The van der Waals surface area contributed by atoms with E-state index in [1.165, 1.54) is 5.56 Å². The number of nitrogens with zero attached hydrogens (tertiary/aromatic N) is 2. The molecule has 2 saturated heterocycles. The molecular formula is C23H33N3O2. The summed E-state index contributed by atoms with van der Waals surface area (Å²) in [6.07, 6.45) is 6.43. The van der Waals surface area contributed by atoms with Crippen molar-refractivity contribution in [1.29, 1.82) is 0 Å². The fourth-order valence-electron chi connectivity index (χ4n) is 4.69. The predicted molar refractivity (Wildman–Crippen MR) is 110 cm³/mol. The highest BCUT2D eigenvalue weighted by Crippen LogP contribution is 2.26. The van der Waals surface area contributed by atoms with Crippen LogP contribution in [-0.2, 0) is 4.79 Å². The molecule has 2 aliphatic heterocycles. The van der Waals surface area contributed by atoms with Crippen LogP contribution in [0.2, 0.25) is 0 Å². The third kappa shape index (κ3) is 4.24. The molecule has 0 aromatic heterocycles. The Labute approximate surface area is 168 Å². The second-order valence-electron chi connectivity index (χ2n) is 8.89. The Kier molecular flexibility index (Phi) is 5.72. The Hall–Kier alpha value is -1.88. The molecule has 1 aromatic rings. The fraction of sp³-hybridized carbons (Fsp3) is 0.652. The molecule has 0 spiro atoms. The summed E-state index contributed by atoms with van der Waals surface area (Å²) in [6.45, 7) is 7.69. The highest BCUT2D eigenvalue weighted by atomic mass is 16.2. The zero-order valence-electron chi connectivity index (χ0n) is 17.2. The van der Waals surface area contributed by atoms with Crippen LogP contribution < -0.4 is 5.32 Å². The van der Waals surface area contributed by atoms with Crippen LogP contribution in [0.5, 0.6) is 0 Å². The van der Waals surface area contributed by atoms with Gasteiger partial charge in [-0.25, -0.2) is 0 Å². The zero-order chi connectivity index (χ0) is 19.7. The summed E-state index contributed by atoms with van der Waals surface area (Å²) in [7, 11) is 0. The lowest BCUT2D eigenvalue weighted by Crippen LogP contribution is -2.51. The minimum Gasteiger partial charge on any atom is -0.353 e. The summed E-state index contributed by atoms with van der Waals surface area (Å²) in [6, 6.07) is 6.93. The molecule has 5 heteroatoms. The summed E-state index contributed by atoms with van der Waals surface area (Å²) >= 11 is 0. The maximum Gasteiger partial charge on any atom is 0.254 e. The van der Waals surface area contributed by atoms with E-state index in [1.54, 1.807) is 0 Å². The lowest BCUT2D eigenvalue weighted by atomic mass is 9.93. The Bertz CT molecular complexity index is 735. The number of carbonyl (C=O) groups excluding carboxylic acids is 2. The van der Waals surface area contributed by atoms with Crippen LogP contribution >= 0.6 is 0 Å². The zero-order valence-corrected chi connectivity index (χ0v) is 17.2. The Morgan fingerprint density at radius 1 is 1.00 bits per heavy atom. The first kappa shape index (κ1) is 19.4. The van der Waals surface area contributed by atoms with Crippen molar-refractivity contribution in [1.82, 2.24) is 15.1 Å². The van der Waals surface area contributed by atoms with E-state index in [0.29, 0.717) is 12.1 Å². The summed E-state index contributed by atoms with van der Waals surface area (Å²) in [5.74, 6) is 0.568. The molecule has 3 aliphatic rings. The topological polar surface area (TPSA) is 52.7 Å². The van der Waals surface area contributed by atoms with Crippen molar-refractivity contribution in [3.05, 3.63) is 34.9 Å². The average Bonchev–Trinajstić information content (AvgIpc) is 3.54. The highest BCUT2D eigenvalue weighted by Gasteiger charge is 2.34. The fourth-order valence-corrected chi connectivity index (χ4v) is 4.69. The van der Waals surface area contributed by atoms with E-state index in [9.17, 15) is 9.59 Å². The van der Waals surface area contributed by atoms with Crippen molar-refractivity contribution in [2.45, 2.75) is 64.5 Å². The number of carbonyl (C=O) groups is 2. The molecule has 28 heavy (non-hydrogen) atoms. The van der Waals surface area contributed by atoms with Gasteiger partial charge in [0.15, 0.2) is 0 Å². The van der Waals surface area contributed by atoms with Gasteiger partial charge in [-0.1, -0.05) is 12.1 Å². The van der Waals surface area contributed by atoms with Crippen LogP contribution in [0, 0.1) is 19.8 Å².